The van der Waals surface area contributed by atoms with Gasteiger partial charge in [0.25, 0.3) is 0 Å². The molecular formula is C26H26BrN3O4. The Kier molecular flexibility index (Phi) is 9.66. The van der Waals surface area contributed by atoms with E-state index in [4.69, 9.17) is 9.47 Å². The van der Waals surface area contributed by atoms with Crippen LogP contribution in [0, 0.1) is 0 Å². The van der Waals surface area contributed by atoms with E-state index in [9.17, 15) is 9.59 Å². The summed E-state index contributed by atoms with van der Waals surface area (Å²) >= 11 is 3.41. The van der Waals surface area contributed by atoms with Crippen molar-refractivity contribution in [1.82, 2.24) is 5.43 Å². The quantitative estimate of drug-likeness (QED) is 0.263. The first-order chi connectivity index (χ1) is 16.5. The predicted molar refractivity (Wildman–Crippen MR) is 136 cm³/mol. The fourth-order valence-corrected chi connectivity index (χ4v) is 3.21. The number of benzene rings is 3. The van der Waals surface area contributed by atoms with Crippen LogP contribution in [0.15, 0.2) is 82.4 Å². The molecule has 7 nitrogen and oxygen atoms in total. The molecule has 0 saturated heterocycles. The molecule has 0 aliphatic carbocycles. The number of amides is 2. The van der Waals surface area contributed by atoms with Crippen LogP contribution in [0.25, 0.3) is 0 Å². The Balaban J connectivity index is 1.43. The topological polar surface area (TPSA) is 89.0 Å². The van der Waals surface area contributed by atoms with Crippen molar-refractivity contribution in [3.8, 4) is 11.5 Å². The summed E-state index contributed by atoms with van der Waals surface area (Å²) in [5, 5.41) is 6.76. The summed E-state index contributed by atoms with van der Waals surface area (Å²) in [6.07, 6.45) is 1.58. The Morgan fingerprint density at radius 3 is 2.35 bits per heavy atom. The van der Waals surface area contributed by atoms with Gasteiger partial charge in [-0.2, -0.15) is 5.10 Å². The lowest BCUT2D eigenvalue weighted by molar-refractivity contribution is -0.124. The van der Waals surface area contributed by atoms with E-state index in [2.05, 4.69) is 31.8 Å². The van der Waals surface area contributed by atoms with Crippen LogP contribution in [0.3, 0.4) is 0 Å². The zero-order valence-electron chi connectivity index (χ0n) is 18.8. The highest BCUT2D eigenvalue weighted by molar-refractivity contribution is 9.10. The van der Waals surface area contributed by atoms with Crippen LogP contribution in [0.4, 0.5) is 5.69 Å². The van der Waals surface area contributed by atoms with Gasteiger partial charge in [-0.15, -0.1) is 0 Å². The number of carbonyl (C=O) groups is 2. The summed E-state index contributed by atoms with van der Waals surface area (Å²) in [6.45, 7) is 2.89. The molecule has 0 radical (unpaired) electrons. The largest absolute Gasteiger partial charge is 0.494 e. The molecule has 2 amide bonds. The normalized spacial score (nSPS) is 10.6. The Morgan fingerprint density at radius 2 is 1.62 bits per heavy atom. The minimum absolute atomic E-state index is 0.0158. The molecule has 8 heteroatoms. The maximum absolute atomic E-state index is 12.1. The number of hydrazone groups is 1. The van der Waals surface area contributed by atoms with E-state index in [0.29, 0.717) is 24.7 Å². The number of halogens is 1. The van der Waals surface area contributed by atoms with Crippen LogP contribution < -0.4 is 20.2 Å². The van der Waals surface area contributed by atoms with Gasteiger partial charge in [-0.3, -0.25) is 9.59 Å². The van der Waals surface area contributed by atoms with Crippen LogP contribution in [0.1, 0.15) is 30.9 Å². The molecule has 0 atom stereocenters. The van der Waals surface area contributed by atoms with E-state index in [1.807, 2.05) is 55.5 Å². The van der Waals surface area contributed by atoms with Crippen molar-refractivity contribution < 1.29 is 19.1 Å². The van der Waals surface area contributed by atoms with Gasteiger partial charge >= 0.3 is 0 Å². The van der Waals surface area contributed by atoms with Gasteiger partial charge in [0.05, 0.1) is 12.8 Å². The SMILES string of the molecule is CCOc1ccc(NC(=O)CCC(=O)N/N=C/c2ccccc2OCc2ccc(Br)cc2)cc1. The summed E-state index contributed by atoms with van der Waals surface area (Å²) in [7, 11) is 0. The number of ether oxygens (including phenoxy) is 2. The highest BCUT2D eigenvalue weighted by atomic mass is 79.9. The number of carbonyl (C=O) groups excluding carboxylic acids is 2. The number of nitrogens with zero attached hydrogens (tertiary/aromatic N) is 1. The summed E-state index contributed by atoms with van der Waals surface area (Å²) in [5.74, 6) is 0.775. The molecule has 0 aliphatic rings. The van der Waals surface area contributed by atoms with Crippen LogP contribution in [0.2, 0.25) is 0 Å². The Morgan fingerprint density at radius 1 is 0.912 bits per heavy atom. The average molecular weight is 524 g/mol. The second kappa shape index (κ2) is 13.2. The molecule has 3 aromatic rings. The van der Waals surface area contributed by atoms with Gasteiger partial charge in [-0.25, -0.2) is 5.43 Å². The van der Waals surface area contributed by atoms with Crippen LogP contribution in [-0.4, -0.2) is 24.6 Å². The van der Waals surface area contributed by atoms with Crippen molar-refractivity contribution in [1.29, 1.82) is 0 Å². The Labute approximate surface area is 207 Å². The molecule has 2 N–H and O–H groups in total. The van der Waals surface area contributed by atoms with Gasteiger partial charge in [0.2, 0.25) is 11.8 Å². The number of hydrogen-bond donors (Lipinski definition) is 2. The molecule has 3 rings (SSSR count). The van der Waals surface area contributed by atoms with Crippen molar-refractivity contribution in [2.24, 2.45) is 5.10 Å². The van der Waals surface area contributed by atoms with Gasteiger partial charge in [-0.05, 0) is 61.0 Å². The maximum atomic E-state index is 12.1. The van der Waals surface area contributed by atoms with E-state index in [0.717, 1.165) is 21.3 Å². The Bertz CT molecular complexity index is 1120. The zero-order chi connectivity index (χ0) is 24.2. The predicted octanol–water partition coefficient (Wildman–Crippen LogP) is 5.30. The second-order valence-electron chi connectivity index (χ2n) is 7.25. The van der Waals surface area contributed by atoms with E-state index < -0.39 is 0 Å². The molecule has 0 fully saturated rings. The number of para-hydroxylation sites is 1. The van der Waals surface area contributed by atoms with Crippen LogP contribution in [-0.2, 0) is 16.2 Å². The van der Waals surface area contributed by atoms with Crippen molar-refractivity contribution in [2.45, 2.75) is 26.4 Å². The van der Waals surface area contributed by atoms with Crippen molar-refractivity contribution in [3.63, 3.8) is 0 Å². The molecule has 0 unspecified atom stereocenters. The third kappa shape index (κ3) is 8.37. The number of rotatable bonds is 11. The van der Waals surface area contributed by atoms with Gasteiger partial charge in [0, 0.05) is 28.6 Å². The van der Waals surface area contributed by atoms with Crippen LogP contribution in [0.5, 0.6) is 11.5 Å². The molecule has 0 aliphatic heterocycles. The van der Waals surface area contributed by atoms with Crippen molar-refractivity contribution in [3.05, 3.63) is 88.4 Å². The number of hydrogen-bond acceptors (Lipinski definition) is 5. The van der Waals surface area contributed by atoms with Crippen molar-refractivity contribution >= 4 is 39.6 Å². The lowest BCUT2D eigenvalue weighted by Crippen LogP contribution is -2.20. The number of anilines is 1. The standard InChI is InChI=1S/C26H26BrN3O4/c1-2-33-23-13-11-22(12-14-23)29-25(31)15-16-26(32)30-28-17-20-5-3-4-6-24(20)34-18-19-7-9-21(27)10-8-19/h3-14,17H,2,15-16,18H2,1H3,(H,29,31)(H,30,32)/b28-17+. The highest BCUT2D eigenvalue weighted by Gasteiger charge is 2.07. The van der Waals surface area contributed by atoms with E-state index in [-0.39, 0.29) is 24.7 Å². The number of nitrogens with one attached hydrogen (secondary N) is 2. The summed E-state index contributed by atoms with van der Waals surface area (Å²) in [6, 6.07) is 22.4. The van der Waals surface area contributed by atoms with Gasteiger partial charge < -0.3 is 14.8 Å². The highest BCUT2D eigenvalue weighted by Crippen LogP contribution is 2.19. The molecular weight excluding hydrogens is 498 g/mol. The molecule has 3 aromatic carbocycles. The van der Waals surface area contributed by atoms with E-state index >= 15 is 0 Å². The third-order valence-corrected chi connectivity index (χ3v) is 5.18. The van der Waals surface area contributed by atoms with Crippen molar-refractivity contribution in [2.75, 3.05) is 11.9 Å². The van der Waals surface area contributed by atoms with Gasteiger partial charge in [0.15, 0.2) is 0 Å². The summed E-state index contributed by atoms with van der Waals surface area (Å²) < 4.78 is 12.3. The summed E-state index contributed by atoms with van der Waals surface area (Å²) in [4.78, 5) is 24.2. The zero-order valence-corrected chi connectivity index (χ0v) is 20.4. The van der Waals surface area contributed by atoms with E-state index in [1.165, 1.54) is 6.21 Å². The maximum Gasteiger partial charge on any atom is 0.240 e. The smallest absolute Gasteiger partial charge is 0.240 e. The molecule has 0 heterocycles. The van der Waals surface area contributed by atoms with Gasteiger partial charge in [-0.1, -0.05) is 40.2 Å². The molecule has 0 bridgehead atoms. The lowest BCUT2D eigenvalue weighted by Gasteiger charge is -2.09. The average Bonchev–Trinajstić information content (AvgIpc) is 2.84. The second-order valence-corrected chi connectivity index (χ2v) is 8.17. The molecule has 176 valence electrons. The lowest BCUT2D eigenvalue weighted by atomic mass is 10.2. The van der Waals surface area contributed by atoms with E-state index in [1.54, 1.807) is 24.3 Å². The monoisotopic (exact) mass is 523 g/mol. The Hall–Kier alpha value is -3.65. The summed E-state index contributed by atoms with van der Waals surface area (Å²) in [5.41, 5.74) is 4.86. The minimum atomic E-state index is -0.355. The minimum Gasteiger partial charge on any atom is -0.494 e. The van der Waals surface area contributed by atoms with Crippen LogP contribution >= 0.6 is 15.9 Å². The first-order valence-electron chi connectivity index (χ1n) is 10.8. The fourth-order valence-electron chi connectivity index (χ4n) is 2.94. The third-order valence-electron chi connectivity index (χ3n) is 4.65. The molecule has 34 heavy (non-hydrogen) atoms. The first-order valence-corrected chi connectivity index (χ1v) is 11.6. The van der Waals surface area contributed by atoms with Gasteiger partial charge in [0.1, 0.15) is 18.1 Å². The molecule has 0 spiro atoms. The fraction of sp³-hybridized carbons (Fsp3) is 0.192. The molecule has 0 aromatic heterocycles. The molecule has 0 saturated carbocycles. The first kappa shape index (κ1) is 25.0.